The van der Waals surface area contributed by atoms with Crippen LogP contribution < -0.4 is 16.0 Å². The van der Waals surface area contributed by atoms with Crippen molar-refractivity contribution in [3.05, 3.63) is 48.2 Å². The first-order valence-electron chi connectivity index (χ1n) is 9.74. The number of aliphatic hydroxyl groups is 1. The number of nitrogens with one attached hydrogen (secondary N) is 3. The number of benzene rings is 1. The molecule has 0 heterocycles. The summed E-state index contributed by atoms with van der Waals surface area (Å²) in [4.78, 5) is 27.6. The minimum absolute atomic E-state index is 0.176. The average Bonchev–Trinajstić information content (AvgIpc) is 2.72. The summed E-state index contributed by atoms with van der Waals surface area (Å²) in [7, 11) is 0. The SMILES string of the molecule is C=CN=C(NC(=O)CCCC(=O)NCC(O)CNCc1cccc(CC)c1)SC. The maximum atomic E-state index is 11.9. The highest BCUT2D eigenvalue weighted by Gasteiger charge is 2.09. The molecule has 0 aromatic heterocycles. The third-order valence-electron chi connectivity index (χ3n) is 4.10. The summed E-state index contributed by atoms with van der Waals surface area (Å²) >= 11 is 1.31. The van der Waals surface area contributed by atoms with Crippen molar-refractivity contribution in [2.45, 2.75) is 45.3 Å². The van der Waals surface area contributed by atoms with Gasteiger partial charge in [-0.1, -0.05) is 49.5 Å². The molecule has 2 amide bonds. The Morgan fingerprint density at radius 2 is 1.97 bits per heavy atom. The Labute approximate surface area is 177 Å². The molecule has 7 nitrogen and oxygen atoms in total. The second kappa shape index (κ2) is 14.8. The van der Waals surface area contributed by atoms with E-state index in [9.17, 15) is 14.7 Å². The van der Waals surface area contributed by atoms with Crippen molar-refractivity contribution < 1.29 is 14.7 Å². The van der Waals surface area contributed by atoms with E-state index in [2.05, 4.69) is 46.6 Å². The molecule has 0 spiro atoms. The lowest BCUT2D eigenvalue weighted by molar-refractivity contribution is -0.122. The van der Waals surface area contributed by atoms with E-state index in [1.807, 2.05) is 12.1 Å². The van der Waals surface area contributed by atoms with Gasteiger partial charge in [-0.15, -0.1) is 0 Å². The van der Waals surface area contributed by atoms with E-state index in [1.54, 1.807) is 6.26 Å². The van der Waals surface area contributed by atoms with E-state index in [4.69, 9.17) is 0 Å². The van der Waals surface area contributed by atoms with Crippen molar-refractivity contribution >= 4 is 28.7 Å². The number of hydrogen-bond donors (Lipinski definition) is 4. The zero-order chi connectivity index (χ0) is 21.5. The fourth-order valence-electron chi connectivity index (χ4n) is 2.55. The van der Waals surface area contributed by atoms with Crippen molar-refractivity contribution in [2.75, 3.05) is 19.3 Å². The number of hydrogen-bond acceptors (Lipinski definition) is 6. The highest BCUT2D eigenvalue weighted by Crippen LogP contribution is 2.05. The topological polar surface area (TPSA) is 103 Å². The number of carbonyl (C=O) groups excluding carboxylic acids is 2. The molecule has 1 unspecified atom stereocenters. The van der Waals surface area contributed by atoms with Gasteiger partial charge >= 0.3 is 0 Å². The molecular weight excluding hydrogens is 388 g/mol. The summed E-state index contributed by atoms with van der Waals surface area (Å²) in [6.45, 7) is 6.83. The van der Waals surface area contributed by atoms with Crippen molar-refractivity contribution in [3.63, 3.8) is 0 Å². The minimum atomic E-state index is -0.671. The molecule has 29 heavy (non-hydrogen) atoms. The molecule has 8 heteroatoms. The number of amidine groups is 1. The van der Waals surface area contributed by atoms with Crippen molar-refractivity contribution in [2.24, 2.45) is 4.99 Å². The molecule has 0 bridgehead atoms. The van der Waals surface area contributed by atoms with Gasteiger partial charge in [0.15, 0.2) is 5.17 Å². The second-order valence-corrected chi connectivity index (χ2v) is 7.28. The second-order valence-electron chi connectivity index (χ2n) is 6.48. The van der Waals surface area contributed by atoms with Crippen LogP contribution in [0.4, 0.5) is 0 Å². The zero-order valence-corrected chi connectivity index (χ0v) is 18.1. The van der Waals surface area contributed by atoms with Gasteiger partial charge in [-0.05, 0) is 30.2 Å². The molecule has 0 saturated heterocycles. The lowest BCUT2D eigenvalue weighted by Crippen LogP contribution is -2.38. The third-order valence-corrected chi connectivity index (χ3v) is 4.69. The monoisotopic (exact) mass is 420 g/mol. The smallest absolute Gasteiger partial charge is 0.225 e. The summed E-state index contributed by atoms with van der Waals surface area (Å²) in [5, 5.41) is 19.0. The lowest BCUT2D eigenvalue weighted by atomic mass is 10.1. The predicted octanol–water partition coefficient (Wildman–Crippen LogP) is 1.96. The van der Waals surface area contributed by atoms with Crippen LogP contribution in [0.5, 0.6) is 0 Å². The van der Waals surface area contributed by atoms with Crippen LogP contribution in [0.15, 0.2) is 42.0 Å². The highest BCUT2D eigenvalue weighted by molar-refractivity contribution is 8.13. The molecule has 1 atom stereocenters. The fourth-order valence-corrected chi connectivity index (χ4v) is 2.94. The Morgan fingerprint density at radius 3 is 2.66 bits per heavy atom. The molecule has 4 N–H and O–H groups in total. The Kier molecular flexibility index (Phi) is 12.7. The van der Waals surface area contributed by atoms with Gasteiger partial charge in [0.2, 0.25) is 11.8 Å². The summed E-state index contributed by atoms with van der Waals surface area (Å²) in [6, 6.07) is 8.31. The maximum Gasteiger partial charge on any atom is 0.225 e. The highest BCUT2D eigenvalue weighted by atomic mass is 32.2. The van der Waals surface area contributed by atoms with E-state index >= 15 is 0 Å². The largest absolute Gasteiger partial charge is 0.390 e. The van der Waals surface area contributed by atoms with E-state index in [0.29, 0.717) is 24.7 Å². The van der Waals surface area contributed by atoms with Gasteiger partial charge in [0.1, 0.15) is 0 Å². The summed E-state index contributed by atoms with van der Waals surface area (Å²) in [5.41, 5.74) is 2.45. The summed E-state index contributed by atoms with van der Waals surface area (Å²) in [6.07, 6.45) is 4.37. The molecule has 0 radical (unpaired) electrons. The number of thioether (sulfide) groups is 1. The Bertz CT molecular complexity index is 694. The van der Waals surface area contributed by atoms with Crippen LogP contribution in [-0.2, 0) is 22.6 Å². The van der Waals surface area contributed by atoms with Crippen LogP contribution in [0.3, 0.4) is 0 Å². The molecule has 0 saturated carbocycles. The molecular formula is C21H32N4O3S. The fraction of sp³-hybridized carbons (Fsp3) is 0.476. The normalized spacial score (nSPS) is 12.3. The average molecular weight is 421 g/mol. The molecule has 1 aromatic carbocycles. The van der Waals surface area contributed by atoms with E-state index in [1.165, 1.54) is 29.1 Å². The minimum Gasteiger partial charge on any atom is -0.390 e. The first-order valence-corrected chi connectivity index (χ1v) is 11.0. The van der Waals surface area contributed by atoms with Crippen LogP contribution in [-0.4, -0.2) is 47.5 Å². The predicted molar refractivity (Wildman–Crippen MR) is 120 cm³/mol. The van der Waals surface area contributed by atoms with Crippen LogP contribution in [0, 0.1) is 0 Å². The Balaban J connectivity index is 2.16. The van der Waals surface area contributed by atoms with Gasteiger partial charge in [-0.25, -0.2) is 4.99 Å². The molecule has 0 aliphatic heterocycles. The Morgan fingerprint density at radius 1 is 1.24 bits per heavy atom. The number of carbonyl (C=O) groups is 2. The van der Waals surface area contributed by atoms with Gasteiger partial charge in [-0.2, -0.15) is 0 Å². The van der Waals surface area contributed by atoms with Crippen molar-refractivity contribution in [1.29, 1.82) is 0 Å². The quantitative estimate of drug-likeness (QED) is 0.306. The zero-order valence-electron chi connectivity index (χ0n) is 17.2. The Hall–Kier alpha value is -2.16. The van der Waals surface area contributed by atoms with Crippen molar-refractivity contribution in [3.8, 4) is 0 Å². The molecule has 0 fully saturated rings. The van der Waals surface area contributed by atoms with Gasteiger partial charge in [-0.3, -0.25) is 9.59 Å². The van der Waals surface area contributed by atoms with Crippen LogP contribution in [0.1, 0.15) is 37.3 Å². The third kappa shape index (κ3) is 11.4. The van der Waals surface area contributed by atoms with Gasteiger partial charge in [0.25, 0.3) is 0 Å². The van der Waals surface area contributed by atoms with Gasteiger partial charge in [0.05, 0.1) is 6.10 Å². The summed E-state index contributed by atoms with van der Waals surface area (Å²) < 4.78 is 0. The lowest BCUT2D eigenvalue weighted by Gasteiger charge is -2.13. The van der Waals surface area contributed by atoms with Crippen LogP contribution in [0.2, 0.25) is 0 Å². The molecule has 1 rings (SSSR count). The number of rotatable bonds is 12. The first kappa shape index (κ1) is 24.9. The van der Waals surface area contributed by atoms with E-state index < -0.39 is 6.10 Å². The number of nitrogens with zero attached hydrogens (tertiary/aromatic N) is 1. The number of amides is 2. The van der Waals surface area contributed by atoms with Crippen LogP contribution in [0.25, 0.3) is 0 Å². The van der Waals surface area contributed by atoms with Gasteiger partial charge in [0, 0.05) is 38.7 Å². The van der Waals surface area contributed by atoms with Crippen LogP contribution >= 0.6 is 11.8 Å². The molecule has 0 aliphatic carbocycles. The standard InChI is InChI=1S/C21H32N4O3S/c1-4-16-8-6-9-17(12-16)13-22-14-18(26)15-24-19(27)10-7-11-20(28)25-21(29-3)23-5-2/h5-6,8-9,12,18,22,26H,2,4,7,10-11,13-15H2,1,3H3,(H,24,27)(H,23,25,28). The maximum absolute atomic E-state index is 11.9. The molecule has 160 valence electrons. The first-order chi connectivity index (χ1) is 14.0. The number of aliphatic hydroxyl groups excluding tert-OH is 1. The molecule has 1 aromatic rings. The van der Waals surface area contributed by atoms with E-state index in [-0.39, 0.29) is 31.2 Å². The number of aliphatic imine (C=N–C) groups is 1. The number of aryl methyl sites for hydroxylation is 1. The van der Waals surface area contributed by atoms with Gasteiger partial charge < -0.3 is 21.1 Å². The summed E-state index contributed by atoms with van der Waals surface area (Å²) in [5.74, 6) is -0.374. The molecule has 0 aliphatic rings. The van der Waals surface area contributed by atoms with Crippen molar-refractivity contribution in [1.82, 2.24) is 16.0 Å². The van der Waals surface area contributed by atoms with E-state index in [0.717, 1.165) is 6.42 Å².